The zero-order valence-corrected chi connectivity index (χ0v) is 62.3. The molecule has 0 aromatic carbocycles. The quantitative estimate of drug-likeness (QED) is 0.0222. The predicted molar refractivity (Wildman–Crippen MR) is 377 cm³/mol. The molecule has 17 nitrogen and oxygen atoms in total. The van der Waals surface area contributed by atoms with Crippen molar-refractivity contribution in [3.63, 3.8) is 0 Å². The Bertz CT molecular complexity index is 1800. The second-order valence-corrected chi connectivity index (χ2v) is 30.5. The van der Waals surface area contributed by atoms with Gasteiger partial charge >= 0.3 is 39.5 Å². The molecule has 0 rings (SSSR count). The summed E-state index contributed by atoms with van der Waals surface area (Å²) in [6.07, 6.45) is 52.7. The Labute approximate surface area is 568 Å². The second kappa shape index (κ2) is 66.0. The maximum absolute atomic E-state index is 13.1. The van der Waals surface area contributed by atoms with Crippen LogP contribution in [0.3, 0.4) is 0 Å². The summed E-state index contributed by atoms with van der Waals surface area (Å²) in [5.74, 6) is -0.617. The van der Waals surface area contributed by atoms with Gasteiger partial charge in [0.05, 0.1) is 26.4 Å². The number of phosphoric ester groups is 2. The molecule has 0 aliphatic carbocycles. The lowest BCUT2D eigenvalue weighted by molar-refractivity contribution is -0.161. The minimum Gasteiger partial charge on any atom is -0.462 e. The Morgan fingerprint density at radius 3 is 0.731 bits per heavy atom. The SMILES string of the molecule is CCCCCCCCCCCCCCCCCC(=O)OC[C@H](COP(=O)(O)OC[C@@H](O)COP(=O)(O)OC[C@@H](COC(=O)CCCCCCCCCC(C)C)OC(=O)CCCCCCCCCCCCC)OC(=O)CCCCCCCCCCCCCCCCC(C)C. The summed E-state index contributed by atoms with van der Waals surface area (Å²) < 4.78 is 68.4. The third kappa shape index (κ3) is 68.4. The molecule has 0 aromatic heterocycles. The molecule has 552 valence electrons. The minimum atomic E-state index is -4.96. The average molecular weight is 1370 g/mol. The van der Waals surface area contributed by atoms with Crippen molar-refractivity contribution in [2.24, 2.45) is 11.8 Å². The largest absolute Gasteiger partial charge is 0.472 e. The minimum absolute atomic E-state index is 0.106. The van der Waals surface area contributed by atoms with Crippen LogP contribution in [0.4, 0.5) is 0 Å². The van der Waals surface area contributed by atoms with Crippen molar-refractivity contribution in [1.82, 2.24) is 0 Å². The van der Waals surface area contributed by atoms with E-state index in [2.05, 4.69) is 41.5 Å². The summed E-state index contributed by atoms with van der Waals surface area (Å²) in [7, 11) is -9.91. The van der Waals surface area contributed by atoms with E-state index in [9.17, 15) is 43.2 Å². The molecule has 5 atom stereocenters. The molecular formula is C74H144O17P2. The van der Waals surface area contributed by atoms with Crippen LogP contribution in [0.1, 0.15) is 382 Å². The highest BCUT2D eigenvalue weighted by Crippen LogP contribution is 2.45. The maximum Gasteiger partial charge on any atom is 0.472 e. The van der Waals surface area contributed by atoms with E-state index in [0.29, 0.717) is 31.6 Å². The van der Waals surface area contributed by atoms with Gasteiger partial charge in [0, 0.05) is 25.7 Å². The summed E-state index contributed by atoms with van der Waals surface area (Å²) in [6.45, 7) is 9.55. The summed E-state index contributed by atoms with van der Waals surface area (Å²) in [6, 6.07) is 0. The van der Waals surface area contributed by atoms with E-state index in [-0.39, 0.29) is 25.7 Å². The molecule has 0 aliphatic heterocycles. The molecule has 19 heteroatoms. The zero-order valence-electron chi connectivity index (χ0n) is 60.6. The van der Waals surface area contributed by atoms with Gasteiger partial charge in [-0.25, -0.2) is 9.13 Å². The monoisotopic (exact) mass is 1370 g/mol. The number of aliphatic hydroxyl groups excluding tert-OH is 1. The molecule has 0 amide bonds. The first-order chi connectivity index (χ1) is 44.9. The predicted octanol–water partition coefficient (Wildman–Crippen LogP) is 21.6. The normalized spacial score (nSPS) is 14.1. The van der Waals surface area contributed by atoms with Gasteiger partial charge in [-0.2, -0.15) is 0 Å². The first-order valence-electron chi connectivity index (χ1n) is 38.5. The highest BCUT2D eigenvalue weighted by atomic mass is 31.2. The molecule has 0 aromatic rings. The summed E-state index contributed by atoms with van der Waals surface area (Å²) in [5, 5.41) is 10.6. The Hall–Kier alpha value is -1.94. The van der Waals surface area contributed by atoms with Gasteiger partial charge in [0.1, 0.15) is 19.3 Å². The average Bonchev–Trinajstić information content (AvgIpc) is 2.00. The lowest BCUT2D eigenvalue weighted by atomic mass is 10.0. The van der Waals surface area contributed by atoms with Crippen LogP contribution in [0.15, 0.2) is 0 Å². The fourth-order valence-electron chi connectivity index (χ4n) is 11.3. The van der Waals surface area contributed by atoms with Crippen molar-refractivity contribution < 1.29 is 80.2 Å². The van der Waals surface area contributed by atoms with Crippen LogP contribution in [0.25, 0.3) is 0 Å². The van der Waals surface area contributed by atoms with Crippen LogP contribution in [0.5, 0.6) is 0 Å². The van der Waals surface area contributed by atoms with E-state index in [1.807, 2.05) is 0 Å². The lowest BCUT2D eigenvalue weighted by Gasteiger charge is -2.21. The molecular weight excluding hydrogens is 1220 g/mol. The topological polar surface area (TPSA) is 237 Å². The molecule has 0 heterocycles. The molecule has 0 bridgehead atoms. The van der Waals surface area contributed by atoms with Gasteiger partial charge in [-0.15, -0.1) is 0 Å². The number of phosphoric acid groups is 2. The van der Waals surface area contributed by atoms with E-state index in [1.54, 1.807) is 0 Å². The van der Waals surface area contributed by atoms with E-state index >= 15 is 0 Å². The molecule has 0 fully saturated rings. The van der Waals surface area contributed by atoms with E-state index < -0.39 is 97.5 Å². The molecule has 0 spiro atoms. The number of hydrogen-bond donors (Lipinski definition) is 3. The third-order valence-corrected chi connectivity index (χ3v) is 19.1. The summed E-state index contributed by atoms with van der Waals surface area (Å²) in [4.78, 5) is 72.7. The summed E-state index contributed by atoms with van der Waals surface area (Å²) >= 11 is 0. The first-order valence-corrected chi connectivity index (χ1v) is 41.5. The maximum atomic E-state index is 13.1. The molecule has 0 radical (unpaired) electrons. The van der Waals surface area contributed by atoms with Gasteiger partial charge in [0.15, 0.2) is 12.2 Å². The molecule has 0 aliphatic rings. The van der Waals surface area contributed by atoms with Gasteiger partial charge in [-0.05, 0) is 37.5 Å². The van der Waals surface area contributed by atoms with Gasteiger partial charge in [-0.3, -0.25) is 37.3 Å². The fourth-order valence-corrected chi connectivity index (χ4v) is 12.9. The molecule has 0 saturated carbocycles. The highest BCUT2D eigenvalue weighted by Gasteiger charge is 2.30. The van der Waals surface area contributed by atoms with E-state index in [0.717, 1.165) is 102 Å². The second-order valence-electron chi connectivity index (χ2n) is 27.6. The highest BCUT2D eigenvalue weighted by molar-refractivity contribution is 7.47. The zero-order chi connectivity index (χ0) is 68.6. The molecule has 0 saturated heterocycles. The van der Waals surface area contributed by atoms with Crippen molar-refractivity contribution in [2.45, 2.75) is 400 Å². The van der Waals surface area contributed by atoms with Crippen LogP contribution in [-0.4, -0.2) is 96.7 Å². The van der Waals surface area contributed by atoms with Gasteiger partial charge < -0.3 is 33.8 Å². The lowest BCUT2D eigenvalue weighted by Crippen LogP contribution is -2.30. The number of carbonyl (C=O) groups is 4. The van der Waals surface area contributed by atoms with Crippen LogP contribution in [0, 0.1) is 11.8 Å². The molecule has 3 N–H and O–H groups in total. The number of carbonyl (C=O) groups excluding carboxylic acids is 4. The first kappa shape index (κ1) is 91.1. The number of esters is 4. The van der Waals surface area contributed by atoms with Crippen molar-refractivity contribution in [2.75, 3.05) is 39.6 Å². The van der Waals surface area contributed by atoms with E-state index in [1.165, 1.54) is 193 Å². The van der Waals surface area contributed by atoms with Crippen molar-refractivity contribution >= 4 is 39.5 Å². The van der Waals surface area contributed by atoms with Gasteiger partial charge in [0.25, 0.3) is 0 Å². The fraction of sp³-hybridized carbons (Fsp3) is 0.946. The van der Waals surface area contributed by atoms with Crippen LogP contribution < -0.4 is 0 Å². The Morgan fingerprint density at radius 2 is 0.495 bits per heavy atom. The number of aliphatic hydroxyl groups is 1. The Balaban J connectivity index is 5.24. The number of rotatable bonds is 73. The van der Waals surface area contributed by atoms with Crippen molar-refractivity contribution in [3.05, 3.63) is 0 Å². The standard InChI is InChI=1S/C74H144O17P2/c1-7-9-11-13-15-17-19-20-21-25-29-32-38-44-50-56-71(76)84-62-69(90-74(79)59-53-47-40-34-30-26-23-22-24-28-31-36-42-48-54-66(3)4)64-88-92(80,81)86-60-68(75)61-87-93(82,83)89-65-70(63-85-72(77)57-51-45-41-35-37-43-49-55-67(5)6)91-73(78)58-52-46-39-33-27-18-16-14-12-10-8-2/h66-70,75H,7-65H2,1-6H3,(H,80,81)(H,82,83)/t68-,69-,70-/m1/s1. The molecule has 93 heavy (non-hydrogen) atoms. The smallest absolute Gasteiger partial charge is 0.462 e. The van der Waals surface area contributed by atoms with Crippen LogP contribution >= 0.6 is 15.6 Å². The summed E-state index contributed by atoms with van der Waals surface area (Å²) in [5.41, 5.74) is 0. The Kier molecular flexibility index (Phi) is 64.6. The molecule has 2 unspecified atom stereocenters. The number of ether oxygens (including phenoxy) is 4. The van der Waals surface area contributed by atoms with Crippen molar-refractivity contribution in [3.8, 4) is 0 Å². The van der Waals surface area contributed by atoms with Gasteiger partial charge in [-0.1, -0.05) is 330 Å². The van der Waals surface area contributed by atoms with Crippen LogP contribution in [-0.2, 0) is 65.4 Å². The van der Waals surface area contributed by atoms with Crippen LogP contribution in [0.2, 0.25) is 0 Å². The third-order valence-electron chi connectivity index (χ3n) is 17.2. The number of unbranched alkanes of at least 4 members (excludes halogenated alkanes) is 43. The van der Waals surface area contributed by atoms with Gasteiger partial charge in [0.2, 0.25) is 0 Å². The van der Waals surface area contributed by atoms with Crippen molar-refractivity contribution in [1.29, 1.82) is 0 Å². The van der Waals surface area contributed by atoms with E-state index in [4.69, 9.17) is 37.0 Å². The Morgan fingerprint density at radius 1 is 0.290 bits per heavy atom. The number of hydrogen-bond acceptors (Lipinski definition) is 15.